The van der Waals surface area contributed by atoms with E-state index >= 15 is 0 Å². The highest BCUT2D eigenvalue weighted by Crippen LogP contribution is 2.28. The van der Waals surface area contributed by atoms with Crippen LogP contribution in [0.3, 0.4) is 0 Å². The Morgan fingerprint density at radius 2 is 2.33 bits per heavy atom. The van der Waals surface area contributed by atoms with E-state index < -0.39 is 6.10 Å². The molecule has 0 amide bonds. The molecule has 2 aromatic rings. The van der Waals surface area contributed by atoms with Gasteiger partial charge in [-0.1, -0.05) is 11.6 Å². The fourth-order valence-corrected chi connectivity index (χ4v) is 3.03. The molecule has 3 rings (SSSR count). The number of nitrogens with one attached hydrogen (secondary N) is 1. The lowest BCUT2D eigenvalue weighted by molar-refractivity contribution is -0.120. The molecule has 2 N–H and O–H groups in total. The van der Waals surface area contributed by atoms with E-state index in [0.717, 1.165) is 0 Å². The summed E-state index contributed by atoms with van der Waals surface area (Å²) in [5.41, 5.74) is 0.213. The number of aromatic nitrogens is 2. The summed E-state index contributed by atoms with van der Waals surface area (Å²) >= 11 is 5.97. The average Bonchev–Trinajstić information content (AvgIpc) is 2.95. The van der Waals surface area contributed by atoms with E-state index in [1.807, 2.05) is 0 Å². The number of Topliss-reactive ketones (excluding diaryl/α,β-unsaturated/α-hetero) is 1. The van der Waals surface area contributed by atoms with Gasteiger partial charge in [-0.2, -0.15) is 0 Å². The molecule has 0 saturated carbocycles. The van der Waals surface area contributed by atoms with E-state index in [2.05, 4.69) is 15.1 Å². The van der Waals surface area contributed by atoms with Crippen LogP contribution in [0.25, 0.3) is 15.7 Å². The number of hydrogen-bond donors (Lipinski definition) is 2. The van der Waals surface area contributed by atoms with Gasteiger partial charge in [0.25, 0.3) is 5.56 Å². The lowest BCUT2D eigenvalue weighted by Gasteiger charge is -2.14. The minimum absolute atomic E-state index is 0.116. The summed E-state index contributed by atoms with van der Waals surface area (Å²) in [6, 6.07) is 2.59. The molecule has 0 aliphatic carbocycles. The molecule has 0 spiro atoms. The molecule has 1 aromatic heterocycles. The maximum atomic E-state index is 12.5. The predicted octanol–water partition coefficient (Wildman–Crippen LogP) is 1.28. The summed E-state index contributed by atoms with van der Waals surface area (Å²) in [4.78, 5) is 32.1. The molecule has 0 radical (unpaired) electrons. The summed E-state index contributed by atoms with van der Waals surface area (Å²) in [6.07, 6.45) is 1.54. The van der Waals surface area contributed by atoms with Crippen molar-refractivity contribution in [2.24, 2.45) is 0 Å². The van der Waals surface area contributed by atoms with Gasteiger partial charge in [-0.25, -0.2) is 9.83 Å². The van der Waals surface area contributed by atoms with Crippen molar-refractivity contribution in [2.45, 2.75) is 31.5 Å². The summed E-state index contributed by atoms with van der Waals surface area (Å²) < 4.78 is 1.22. The third kappa shape index (κ3) is 3.17. The molecule has 1 aromatic carbocycles. The Kier molecular flexibility index (Phi) is 4.62. The standard InChI is InChI=1S/C16H15ClN4O3/c1-18-13-6-12-10(5-11(13)17)16(24)21(8-20-12)7-9(22)4-14-15(23)2-3-19-14/h5-6,8,14-15,19,23H,2-4,7H2. The summed E-state index contributed by atoms with van der Waals surface area (Å²) in [5, 5.41) is 13.3. The van der Waals surface area contributed by atoms with Crippen molar-refractivity contribution in [3.63, 3.8) is 0 Å². The Morgan fingerprint density at radius 1 is 1.54 bits per heavy atom. The lowest BCUT2D eigenvalue weighted by Crippen LogP contribution is -2.34. The average molecular weight is 347 g/mol. The zero-order valence-corrected chi connectivity index (χ0v) is 13.5. The highest BCUT2D eigenvalue weighted by molar-refractivity contribution is 6.34. The monoisotopic (exact) mass is 346 g/mol. The lowest BCUT2D eigenvalue weighted by atomic mass is 10.1. The number of carbonyl (C=O) groups is 1. The Bertz CT molecular complexity index is 903. The van der Waals surface area contributed by atoms with Crippen molar-refractivity contribution in [1.82, 2.24) is 14.9 Å². The molecule has 0 bridgehead atoms. The molecule has 1 saturated heterocycles. The van der Waals surface area contributed by atoms with Gasteiger partial charge in [0.2, 0.25) is 5.69 Å². The number of rotatable bonds is 4. The SMILES string of the molecule is [C-]#[N+]c1cc2ncn(CC(=O)CC3NCCC3O)c(=O)c2cc1Cl. The molecule has 24 heavy (non-hydrogen) atoms. The van der Waals surface area contributed by atoms with E-state index in [0.29, 0.717) is 18.5 Å². The molecule has 124 valence electrons. The van der Waals surface area contributed by atoms with Crippen LogP contribution in [0.2, 0.25) is 5.02 Å². The van der Waals surface area contributed by atoms with Crippen molar-refractivity contribution in [3.05, 3.63) is 45.3 Å². The van der Waals surface area contributed by atoms with E-state index in [1.165, 1.54) is 23.0 Å². The number of fused-ring (bicyclic) bond motifs is 1. The van der Waals surface area contributed by atoms with Crippen LogP contribution in [0.5, 0.6) is 0 Å². The van der Waals surface area contributed by atoms with Crippen LogP contribution in [0.15, 0.2) is 23.3 Å². The molecule has 1 aliphatic heterocycles. The topological polar surface area (TPSA) is 88.6 Å². The molecule has 2 atom stereocenters. The van der Waals surface area contributed by atoms with Gasteiger partial charge in [-0.05, 0) is 25.1 Å². The fourth-order valence-electron chi connectivity index (χ4n) is 2.83. The van der Waals surface area contributed by atoms with Gasteiger partial charge in [-0.15, -0.1) is 0 Å². The number of nitrogens with zero attached hydrogens (tertiary/aromatic N) is 3. The number of ketones is 1. The van der Waals surface area contributed by atoms with Crippen LogP contribution in [0.4, 0.5) is 5.69 Å². The van der Waals surface area contributed by atoms with Gasteiger partial charge >= 0.3 is 0 Å². The van der Waals surface area contributed by atoms with Crippen LogP contribution in [0.1, 0.15) is 12.8 Å². The van der Waals surface area contributed by atoms with Crippen molar-refractivity contribution < 1.29 is 9.90 Å². The van der Waals surface area contributed by atoms with Gasteiger partial charge in [0.05, 0.1) is 36.5 Å². The largest absolute Gasteiger partial charge is 0.391 e. The molecule has 1 fully saturated rings. The van der Waals surface area contributed by atoms with Crippen LogP contribution >= 0.6 is 11.6 Å². The maximum Gasteiger partial charge on any atom is 0.261 e. The molecular weight excluding hydrogens is 332 g/mol. The fraction of sp³-hybridized carbons (Fsp3) is 0.375. The number of benzene rings is 1. The van der Waals surface area contributed by atoms with E-state index in [9.17, 15) is 14.7 Å². The summed E-state index contributed by atoms with van der Waals surface area (Å²) in [6.45, 7) is 7.59. The Labute approximate surface area is 142 Å². The van der Waals surface area contributed by atoms with Crippen molar-refractivity contribution in [3.8, 4) is 0 Å². The molecule has 7 nitrogen and oxygen atoms in total. The molecule has 2 unspecified atom stereocenters. The summed E-state index contributed by atoms with van der Waals surface area (Å²) in [7, 11) is 0. The molecular formula is C16H15ClN4O3. The van der Waals surface area contributed by atoms with Gasteiger partial charge in [0.1, 0.15) is 0 Å². The second-order valence-corrected chi connectivity index (χ2v) is 6.18. The molecule has 2 heterocycles. The Morgan fingerprint density at radius 3 is 3.00 bits per heavy atom. The third-order valence-corrected chi connectivity index (χ3v) is 4.42. The van der Waals surface area contributed by atoms with Gasteiger partial charge < -0.3 is 10.4 Å². The number of halogens is 1. The number of hydrogen-bond acceptors (Lipinski definition) is 5. The second kappa shape index (κ2) is 6.69. The first-order chi connectivity index (χ1) is 11.5. The van der Waals surface area contributed by atoms with Gasteiger partial charge in [0.15, 0.2) is 5.78 Å². The zero-order chi connectivity index (χ0) is 17.3. The first kappa shape index (κ1) is 16.6. The van der Waals surface area contributed by atoms with Crippen LogP contribution in [-0.4, -0.2) is 39.1 Å². The minimum Gasteiger partial charge on any atom is -0.391 e. The highest BCUT2D eigenvalue weighted by Gasteiger charge is 2.26. The first-order valence-electron chi connectivity index (χ1n) is 7.49. The quantitative estimate of drug-likeness (QED) is 0.814. The maximum absolute atomic E-state index is 12.5. The van der Waals surface area contributed by atoms with Crippen LogP contribution in [-0.2, 0) is 11.3 Å². The smallest absolute Gasteiger partial charge is 0.261 e. The predicted molar refractivity (Wildman–Crippen MR) is 89.3 cm³/mol. The van der Waals surface area contributed by atoms with E-state index in [-0.39, 0.29) is 46.4 Å². The third-order valence-electron chi connectivity index (χ3n) is 4.12. The van der Waals surface area contributed by atoms with Gasteiger partial charge in [-0.3, -0.25) is 14.2 Å². The number of aliphatic hydroxyl groups excluding tert-OH is 1. The second-order valence-electron chi connectivity index (χ2n) is 5.77. The van der Waals surface area contributed by atoms with Crippen molar-refractivity contribution in [1.29, 1.82) is 0 Å². The van der Waals surface area contributed by atoms with Crippen LogP contribution in [0, 0.1) is 6.57 Å². The van der Waals surface area contributed by atoms with E-state index in [4.69, 9.17) is 18.2 Å². The number of aliphatic hydroxyl groups is 1. The number of carbonyl (C=O) groups excluding carboxylic acids is 1. The van der Waals surface area contributed by atoms with Gasteiger partial charge in [0, 0.05) is 17.5 Å². The minimum atomic E-state index is -0.536. The molecule has 1 aliphatic rings. The first-order valence-corrected chi connectivity index (χ1v) is 7.86. The molecule has 8 heteroatoms. The van der Waals surface area contributed by atoms with Crippen molar-refractivity contribution >= 4 is 34.0 Å². The van der Waals surface area contributed by atoms with Crippen LogP contribution < -0.4 is 10.9 Å². The zero-order valence-electron chi connectivity index (χ0n) is 12.7. The highest BCUT2D eigenvalue weighted by atomic mass is 35.5. The Balaban J connectivity index is 1.85. The normalized spacial score (nSPS) is 20.2. The van der Waals surface area contributed by atoms with Crippen molar-refractivity contribution in [2.75, 3.05) is 6.54 Å². The summed E-state index contributed by atoms with van der Waals surface area (Å²) in [5.74, 6) is -0.166. The Hall–Kier alpha value is -2.27. The van der Waals surface area contributed by atoms with E-state index in [1.54, 1.807) is 0 Å².